The van der Waals surface area contributed by atoms with Gasteiger partial charge in [-0.3, -0.25) is 4.98 Å². The lowest BCUT2D eigenvalue weighted by atomic mass is 10.2. The van der Waals surface area contributed by atoms with Gasteiger partial charge in [0.15, 0.2) is 5.75 Å². The molecule has 0 fully saturated rings. The maximum absolute atomic E-state index is 5.89. The fourth-order valence-corrected chi connectivity index (χ4v) is 2.00. The Morgan fingerprint density at radius 3 is 2.45 bits per heavy atom. The molecule has 0 aromatic carbocycles. The van der Waals surface area contributed by atoms with Crippen LogP contribution in [0.15, 0.2) is 24.3 Å². The molecule has 2 heterocycles. The van der Waals surface area contributed by atoms with Gasteiger partial charge in [0.05, 0.1) is 11.3 Å². The highest BCUT2D eigenvalue weighted by molar-refractivity contribution is 7.80. The van der Waals surface area contributed by atoms with Gasteiger partial charge in [0.2, 0.25) is 5.88 Å². The molecule has 0 saturated heterocycles. The maximum atomic E-state index is 5.89. The first-order valence-corrected chi connectivity index (χ1v) is 6.84. The molecule has 20 heavy (non-hydrogen) atoms. The highest BCUT2D eigenvalue weighted by atomic mass is 32.1. The zero-order valence-electron chi connectivity index (χ0n) is 11.8. The number of aryl methyl sites for hydroxylation is 3. The lowest BCUT2D eigenvalue weighted by Crippen LogP contribution is -2.12. The fourth-order valence-electron chi connectivity index (χ4n) is 1.85. The van der Waals surface area contributed by atoms with Crippen LogP contribution in [0, 0.1) is 13.8 Å². The molecule has 2 N–H and O–H groups in total. The Hall–Kier alpha value is -2.01. The second-order valence-corrected chi connectivity index (χ2v) is 4.96. The predicted octanol–water partition coefficient (Wildman–Crippen LogP) is 3.08. The van der Waals surface area contributed by atoms with E-state index < -0.39 is 0 Å². The first kappa shape index (κ1) is 14.4. The number of thiocarbonyl (C=S) groups is 1. The van der Waals surface area contributed by atoms with Crippen LogP contribution in [-0.4, -0.2) is 15.0 Å². The first-order chi connectivity index (χ1) is 9.51. The van der Waals surface area contributed by atoms with Crippen LogP contribution in [0.4, 0.5) is 0 Å². The van der Waals surface area contributed by atoms with Gasteiger partial charge in [0.25, 0.3) is 0 Å². The average molecular weight is 287 g/mol. The monoisotopic (exact) mass is 287 g/mol. The van der Waals surface area contributed by atoms with E-state index in [4.69, 9.17) is 22.7 Å². The lowest BCUT2D eigenvalue weighted by molar-refractivity contribution is 0.452. The van der Waals surface area contributed by atoms with Gasteiger partial charge in [-0.25, -0.2) is 4.98 Å². The predicted molar refractivity (Wildman–Crippen MR) is 83.3 cm³/mol. The van der Waals surface area contributed by atoms with Crippen molar-refractivity contribution in [1.29, 1.82) is 0 Å². The van der Waals surface area contributed by atoms with E-state index in [1.54, 1.807) is 0 Å². The standard InChI is InChI=1S/C15H17N3OS/c1-4-12-13(8-6-9(2)17-12)19-15-11(14(16)20)7-5-10(3)18-15/h5-8H,4H2,1-3H3,(H2,16,20). The van der Waals surface area contributed by atoms with Gasteiger partial charge in [-0.05, 0) is 44.5 Å². The summed E-state index contributed by atoms with van der Waals surface area (Å²) in [5.41, 5.74) is 9.04. The Morgan fingerprint density at radius 2 is 1.80 bits per heavy atom. The summed E-state index contributed by atoms with van der Waals surface area (Å²) in [7, 11) is 0. The van der Waals surface area contributed by atoms with Crippen LogP contribution in [-0.2, 0) is 6.42 Å². The number of aromatic nitrogens is 2. The molecule has 0 saturated carbocycles. The van der Waals surface area contributed by atoms with E-state index in [0.29, 0.717) is 17.2 Å². The Balaban J connectivity index is 2.44. The van der Waals surface area contributed by atoms with E-state index in [1.165, 1.54) is 0 Å². The van der Waals surface area contributed by atoms with E-state index in [-0.39, 0.29) is 4.99 Å². The molecule has 0 radical (unpaired) electrons. The van der Waals surface area contributed by atoms with Crippen molar-refractivity contribution < 1.29 is 4.74 Å². The minimum Gasteiger partial charge on any atom is -0.436 e. The molecule has 2 aromatic heterocycles. The summed E-state index contributed by atoms with van der Waals surface area (Å²) in [5, 5.41) is 0. The van der Waals surface area contributed by atoms with Crippen molar-refractivity contribution in [3.05, 3.63) is 46.9 Å². The molecule has 0 aliphatic carbocycles. The van der Waals surface area contributed by atoms with Crippen LogP contribution >= 0.6 is 12.2 Å². The van der Waals surface area contributed by atoms with Gasteiger partial charge in [0, 0.05) is 11.4 Å². The van der Waals surface area contributed by atoms with Crippen molar-refractivity contribution in [2.75, 3.05) is 0 Å². The van der Waals surface area contributed by atoms with Crippen molar-refractivity contribution in [2.24, 2.45) is 5.73 Å². The SMILES string of the molecule is CCc1nc(C)ccc1Oc1nc(C)ccc1C(N)=S. The van der Waals surface area contributed by atoms with Crippen LogP contribution in [0.1, 0.15) is 29.6 Å². The third-order valence-corrected chi connectivity index (χ3v) is 3.10. The Kier molecular flexibility index (Phi) is 4.29. The first-order valence-electron chi connectivity index (χ1n) is 6.43. The van der Waals surface area contributed by atoms with Crippen LogP contribution < -0.4 is 10.5 Å². The molecule has 0 bridgehead atoms. The minimum absolute atomic E-state index is 0.269. The van der Waals surface area contributed by atoms with Gasteiger partial charge in [-0.15, -0.1) is 0 Å². The van der Waals surface area contributed by atoms with E-state index in [9.17, 15) is 0 Å². The second-order valence-electron chi connectivity index (χ2n) is 4.52. The second kappa shape index (κ2) is 5.96. The summed E-state index contributed by atoms with van der Waals surface area (Å²) < 4.78 is 5.89. The summed E-state index contributed by atoms with van der Waals surface area (Å²) in [6.45, 7) is 5.88. The van der Waals surface area contributed by atoms with E-state index in [0.717, 1.165) is 23.5 Å². The van der Waals surface area contributed by atoms with Crippen molar-refractivity contribution in [2.45, 2.75) is 27.2 Å². The number of nitrogens with zero attached hydrogens (tertiary/aromatic N) is 2. The van der Waals surface area contributed by atoms with Gasteiger partial charge in [-0.1, -0.05) is 19.1 Å². The summed E-state index contributed by atoms with van der Waals surface area (Å²) in [6.07, 6.45) is 0.783. The molecule has 0 amide bonds. The Bertz CT molecular complexity index is 656. The number of nitrogens with two attached hydrogens (primary N) is 1. The summed E-state index contributed by atoms with van der Waals surface area (Å²) in [6, 6.07) is 7.49. The molecular formula is C15H17N3OS. The number of pyridine rings is 2. The topological polar surface area (TPSA) is 61.0 Å². The molecule has 4 nitrogen and oxygen atoms in total. The normalized spacial score (nSPS) is 10.3. The minimum atomic E-state index is 0.269. The van der Waals surface area contributed by atoms with Gasteiger partial charge in [0.1, 0.15) is 4.99 Å². The molecule has 0 spiro atoms. The number of hydrogen-bond acceptors (Lipinski definition) is 4. The summed E-state index contributed by atoms with van der Waals surface area (Å²) in [5.74, 6) is 1.12. The lowest BCUT2D eigenvalue weighted by Gasteiger charge is -2.12. The van der Waals surface area contributed by atoms with Gasteiger partial charge >= 0.3 is 0 Å². The summed E-state index contributed by atoms with van der Waals surface area (Å²) >= 11 is 5.03. The maximum Gasteiger partial charge on any atom is 0.229 e. The van der Waals surface area contributed by atoms with E-state index in [1.807, 2.05) is 45.0 Å². The molecule has 0 aliphatic rings. The van der Waals surface area contributed by atoms with Gasteiger partial charge < -0.3 is 10.5 Å². The highest BCUT2D eigenvalue weighted by Crippen LogP contribution is 2.26. The molecule has 0 unspecified atom stereocenters. The zero-order valence-corrected chi connectivity index (χ0v) is 12.6. The fraction of sp³-hybridized carbons (Fsp3) is 0.267. The highest BCUT2D eigenvalue weighted by Gasteiger charge is 2.12. The zero-order chi connectivity index (χ0) is 14.7. The number of rotatable bonds is 4. The number of ether oxygens (including phenoxy) is 1. The van der Waals surface area contributed by atoms with Crippen LogP contribution in [0.5, 0.6) is 11.6 Å². The molecule has 0 aliphatic heterocycles. The average Bonchev–Trinajstić information content (AvgIpc) is 2.40. The van der Waals surface area contributed by atoms with Crippen LogP contribution in [0.3, 0.4) is 0 Å². The third-order valence-electron chi connectivity index (χ3n) is 2.88. The third kappa shape index (κ3) is 3.11. The van der Waals surface area contributed by atoms with Crippen molar-refractivity contribution in [1.82, 2.24) is 9.97 Å². The van der Waals surface area contributed by atoms with Crippen molar-refractivity contribution in [3.8, 4) is 11.6 Å². The number of hydrogen-bond donors (Lipinski definition) is 1. The molecule has 2 aromatic rings. The smallest absolute Gasteiger partial charge is 0.229 e. The largest absolute Gasteiger partial charge is 0.436 e. The quantitative estimate of drug-likeness (QED) is 0.876. The molecule has 0 atom stereocenters. The van der Waals surface area contributed by atoms with Gasteiger partial charge in [-0.2, -0.15) is 0 Å². The van der Waals surface area contributed by atoms with Crippen molar-refractivity contribution >= 4 is 17.2 Å². The Labute approximate surface area is 124 Å². The van der Waals surface area contributed by atoms with E-state index in [2.05, 4.69) is 9.97 Å². The summed E-state index contributed by atoms with van der Waals surface area (Å²) in [4.78, 5) is 9.11. The molecule has 2 rings (SSSR count). The van der Waals surface area contributed by atoms with Crippen LogP contribution in [0.25, 0.3) is 0 Å². The molecular weight excluding hydrogens is 270 g/mol. The molecule has 104 valence electrons. The molecule has 5 heteroatoms. The van der Waals surface area contributed by atoms with Crippen LogP contribution in [0.2, 0.25) is 0 Å². The van der Waals surface area contributed by atoms with E-state index >= 15 is 0 Å². The van der Waals surface area contributed by atoms with Crippen molar-refractivity contribution in [3.63, 3.8) is 0 Å². The Morgan fingerprint density at radius 1 is 1.15 bits per heavy atom.